The fourth-order valence-electron chi connectivity index (χ4n) is 3.05. The minimum atomic E-state index is -0.344. The van der Waals surface area contributed by atoms with Gasteiger partial charge >= 0.3 is 0 Å². The molecule has 1 unspecified atom stereocenters. The van der Waals surface area contributed by atoms with Gasteiger partial charge in [-0.05, 0) is 60.5 Å². The van der Waals surface area contributed by atoms with Gasteiger partial charge in [0.1, 0.15) is 0 Å². The van der Waals surface area contributed by atoms with Gasteiger partial charge in [0, 0.05) is 25.2 Å². The van der Waals surface area contributed by atoms with Crippen LogP contribution in [0.25, 0.3) is 0 Å². The molecule has 116 valence electrons. The molecular formula is C15H22BrN3O2. The quantitative estimate of drug-likeness (QED) is 0.580. The molecule has 1 atom stereocenters. The third-order valence-electron chi connectivity index (χ3n) is 4.09. The number of nitro benzene ring substituents is 1. The first-order valence-corrected chi connectivity index (χ1v) is 8.16. The summed E-state index contributed by atoms with van der Waals surface area (Å²) < 4.78 is 0.534. The van der Waals surface area contributed by atoms with Crippen LogP contribution in [-0.4, -0.2) is 47.4 Å². The highest BCUT2D eigenvalue weighted by molar-refractivity contribution is 9.10. The van der Waals surface area contributed by atoms with E-state index in [1.54, 1.807) is 12.1 Å². The van der Waals surface area contributed by atoms with Crippen LogP contribution in [0.3, 0.4) is 0 Å². The number of hydrogen-bond donors (Lipinski definition) is 0. The molecule has 1 saturated heterocycles. The first-order valence-electron chi connectivity index (χ1n) is 7.36. The summed E-state index contributed by atoms with van der Waals surface area (Å²) in [4.78, 5) is 15.4. The molecule has 0 spiro atoms. The zero-order valence-corrected chi connectivity index (χ0v) is 14.2. The predicted octanol–water partition coefficient (Wildman–Crippen LogP) is 3.27. The van der Waals surface area contributed by atoms with Crippen molar-refractivity contribution < 1.29 is 4.92 Å². The summed E-state index contributed by atoms with van der Waals surface area (Å²) in [5.74, 6) is 0. The zero-order chi connectivity index (χ0) is 15.4. The Hall–Kier alpha value is -0.980. The molecular weight excluding hydrogens is 334 g/mol. The minimum Gasteiger partial charge on any atom is -0.301 e. The van der Waals surface area contributed by atoms with E-state index in [0.717, 1.165) is 25.2 Å². The predicted molar refractivity (Wildman–Crippen MR) is 87.4 cm³/mol. The highest BCUT2D eigenvalue weighted by atomic mass is 79.9. The van der Waals surface area contributed by atoms with Crippen molar-refractivity contribution in [1.82, 2.24) is 9.80 Å². The summed E-state index contributed by atoms with van der Waals surface area (Å²) in [6.07, 6.45) is 2.52. The molecule has 5 nitrogen and oxygen atoms in total. The van der Waals surface area contributed by atoms with E-state index in [1.807, 2.05) is 6.07 Å². The number of likely N-dealkylation sites (tertiary alicyclic amines) is 1. The lowest BCUT2D eigenvalue weighted by molar-refractivity contribution is -0.385. The van der Waals surface area contributed by atoms with E-state index in [2.05, 4.69) is 39.7 Å². The lowest BCUT2D eigenvalue weighted by atomic mass is 10.1. The summed E-state index contributed by atoms with van der Waals surface area (Å²) in [7, 11) is 2.08. The lowest BCUT2D eigenvalue weighted by Gasteiger charge is -2.27. The molecule has 0 bridgehead atoms. The first-order chi connectivity index (χ1) is 10.0. The van der Waals surface area contributed by atoms with Crippen LogP contribution < -0.4 is 0 Å². The Morgan fingerprint density at radius 2 is 2.29 bits per heavy atom. The van der Waals surface area contributed by atoms with Crippen molar-refractivity contribution in [3.05, 3.63) is 38.3 Å². The number of rotatable bonds is 6. The molecule has 1 aromatic carbocycles. The number of nitro groups is 1. The zero-order valence-electron chi connectivity index (χ0n) is 12.6. The molecule has 1 aromatic rings. The van der Waals surface area contributed by atoms with Gasteiger partial charge in [0.25, 0.3) is 5.69 Å². The highest BCUT2D eigenvalue weighted by Crippen LogP contribution is 2.26. The summed E-state index contributed by atoms with van der Waals surface area (Å²) in [5, 5.41) is 11.0. The minimum absolute atomic E-state index is 0.136. The Balaban J connectivity index is 1.98. The number of halogens is 1. The van der Waals surface area contributed by atoms with Crippen LogP contribution in [0.4, 0.5) is 5.69 Å². The number of hydrogen-bond acceptors (Lipinski definition) is 4. The van der Waals surface area contributed by atoms with Gasteiger partial charge in [-0.3, -0.25) is 15.0 Å². The Bertz CT molecular complexity index is 510. The van der Waals surface area contributed by atoms with Crippen molar-refractivity contribution in [3.63, 3.8) is 0 Å². The molecule has 6 heteroatoms. The Morgan fingerprint density at radius 1 is 1.52 bits per heavy atom. The molecule has 1 fully saturated rings. The van der Waals surface area contributed by atoms with Gasteiger partial charge in [-0.25, -0.2) is 0 Å². The summed E-state index contributed by atoms with van der Waals surface area (Å²) in [6, 6.07) is 5.98. The van der Waals surface area contributed by atoms with E-state index < -0.39 is 0 Å². The van der Waals surface area contributed by atoms with Crippen molar-refractivity contribution in [2.45, 2.75) is 32.4 Å². The van der Waals surface area contributed by atoms with Crippen LogP contribution in [0, 0.1) is 10.1 Å². The van der Waals surface area contributed by atoms with Crippen molar-refractivity contribution >= 4 is 21.6 Å². The monoisotopic (exact) mass is 355 g/mol. The number of benzene rings is 1. The Labute approximate surface area is 134 Å². The van der Waals surface area contributed by atoms with Crippen LogP contribution >= 0.6 is 15.9 Å². The topological polar surface area (TPSA) is 49.6 Å². The first kappa shape index (κ1) is 16.4. The average Bonchev–Trinajstić information content (AvgIpc) is 2.87. The smallest absolute Gasteiger partial charge is 0.283 e. The van der Waals surface area contributed by atoms with Crippen LogP contribution in [0.2, 0.25) is 0 Å². The van der Waals surface area contributed by atoms with E-state index in [9.17, 15) is 10.1 Å². The maximum atomic E-state index is 11.0. The molecule has 0 aromatic heterocycles. The standard InChI is InChI=1S/C15H22BrN3O2/c1-3-18-8-4-5-13(18)11-17(2)10-12-6-7-14(16)15(9-12)19(20)21/h6-7,9,13H,3-5,8,10-11H2,1-2H3. The second kappa shape index (κ2) is 7.33. The normalized spacial score (nSPS) is 19.3. The maximum Gasteiger partial charge on any atom is 0.283 e. The average molecular weight is 356 g/mol. The second-order valence-corrected chi connectivity index (χ2v) is 6.52. The summed E-state index contributed by atoms with van der Waals surface area (Å²) in [6.45, 7) is 6.25. The summed E-state index contributed by atoms with van der Waals surface area (Å²) in [5.41, 5.74) is 1.12. The molecule has 0 aliphatic carbocycles. The van der Waals surface area contributed by atoms with Crippen molar-refractivity contribution in [1.29, 1.82) is 0 Å². The van der Waals surface area contributed by atoms with E-state index in [1.165, 1.54) is 19.4 Å². The molecule has 1 aliphatic heterocycles. The molecule has 1 heterocycles. The van der Waals surface area contributed by atoms with E-state index in [-0.39, 0.29) is 10.6 Å². The number of likely N-dealkylation sites (N-methyl/N-ethyl adjacent to an activating group) is 2. The van der Waals surface area contributed by atoms with Gasteiger partial charge in [-0.2, -0.15) is 0 Å². The fourth-order valence-corrected chi connectivity index (χ4v) is 3.44. The van der Waals surface area contributed by atoms with Gasteiger partial charge in [0.15, 0.2) is 0 Å². The SMILES string of the molecule is CCN1CCCC1CN(C)Cc1ccc(Br)c([N+](=O)[O-])c1. The third-order valence-corrected chi connectivity index (χ3v) is 4.76. The van der Waals surface area contributed by atoms with E-state index in [0.29, 0.717) is 10.5 Å². The molecule has 2 rings (SSSR count). The van der Waals surface area contributed by atoms with Gasteiger partial charge in [0.05, 0.1) is 9.40 Å². The largest absolute Gasteiger partial charge is 0.301 e. The van der Waals surface area contributed by atoms with Gasteiger partial charge < -0.3 is 4.90 Å². The highest BCUT2D eigenvalue weighted by Gasteiger charge is 2.24. The Kier molecular flexibility index (Phi) is 5.72. The molecule has 21 heavy (non-hydrogen) atoms. The van der Waals surface area contributed by atoms with Crippen LogP contribution in [0.15, 0.2) is 22.7 Å². The van der Waals surface area contributed by atoms with E-state index in [4.69, 9.17) is 0 Å². The molecule has 0 radical (unpaired) electrons. The van der Waals surface area contributed by atoms with Gasteiger partial charge in [0.2, 0.25) is 0 Å². The van der Waals surface area contributed by atoms with Gasteiger partial charge in [-0.15, -0.1) is 0 Å². The molecule has 1 aliphatic rings. The molecule has 0 amide bonds. The van der Waals surface area contributed by atoms with Crippen molar-refractivity contribution in [2.75, 3.05) is 26.7 Å². The van der Waals surface area contributed by atoms with Crippen LogP contribution in [0.1, 0.15) is 25.3 Å². The molecule has 0 saturated carbocycles. The van der Waals surface area contributed by atoms with E-state index >= 15 is 0 Å². The van der Waals surface area contributed by atoms with Crippen molar-refractivity contribution in [2.24, 2.45) is 0 Å². The lowest BCUT2D eigenvalue weighted by Crippen LogP contribution is -2.38. The van der Waals surface area contributed by atoms with Crippen molar-refractivity contribution in [3.8, 4) is 0 Å². The van der Waals surface area contributed by atoms with Crippen LogP contribution in [-0.2, 0) is 6.54 Å². The fraction of sp³-hybridized carbons (Fsp3) is 0.600. The second-order valence-electron chi connectivity index (χ2n) is 5.66. The number of nitrogens with zero attached hydrogens (tertiary/aromatic N) is 3. The Morgan fingerprint density at radius 3 is 2.95 bits per heavy atom. The molecule has 0 N–H and O–H groups in total. The van der Waals surface area contributed by atoms with Gasteiger partial charge in [-0.1, -0.05) is 13.0 Å². The summed E-state index contributed by atoms with van der Waals surface area (Å²) >= 11 is 3.22. The van der Waals surface area contributed by atoms with Crippen LogP contribution in [0.5, 0.6) is 0 Å². The maximum absolute atomic E-state index is 11.0. The third kappa shape index (κ3) is 4.25.